The summed E-state index contributed by atoms with van der Waals surface area (Å²) < 4.78 is 0. The topological polar surface area (TPSA) is 101 Å². The van der Waals surface area contributed by atoms with Gasteiger partial charge in [0.05, 0.1) is 21.7 Å². The molecule has 1 heterocycles. The minimum absolute atomic E-state index is 0.0469. The molecule has 1 aliphatic rings. The maximum Gasteiger partial charge on any atom is 0.312 e. The van der Waals surface area contributed by atoms with E-state index in [2.05, 4.69) is 0 Å². The van der Waals surface area contributed by atoms with Crippen LogP contribution in [-0.2, 0) is 0 Å². The molecule has 7 heteroatoms. The van der Waals surface area contributed by atoms with Crippen LogP contribution in [0.3, 0.4) is 0 Å². The molecule has 2 aromatic carbocycles. The summed E-state index contributed by atoms with van der Waals surface area (Å²) in [6.07, 6.45) is 0. The molecule has 0 spiro atoms. The van der Waals surface area contributed by atoms with Crippen LogP contribution in [0, 0.1) is 10.1 Å². The van der Waals surface area contributed by atoms with Crippen molar-refractivity contribution in [2.45, 2.75) is 0 Å². The van der Waals surface area contributed by atoms with Crippen molar-refractivity contribution in [1.29, 1.82) is 0 Å². The Morgan fingerprint density at radius 3 is 2.10 bits per heavy atom. The lowest BCUT2D eigenvalue weighted by Crippen LogP contribution is -2.29. The molecule has 21 heavy (non-hydrogen) atoms. The molecule has 0 unspecified atom stereocenters. The van der Waals surface area contributed by atoms with Gasteiger partial charge in [-0.05, 0) is 24.3 Å². The Kier molecular flexibility index (Phi) is 2.69. The van der Waals surface area contributed by atoms with Crippen molar-refractivity contribution in [3.05, 3.63) is 63.7 Å². The second kappa shape index (κ2) is 4.41. The van der Waals surface area contributed by atoms with Gasteiger partial charge in [-0.1, -0.05) is 12.1 Å². The van der Waals surface area contributed by atoms with Gasteiger partial charge in [0.25, 0.3) is 11.8 Å². The van der Waals surface area contributed by atoms with Crippen molar-refractivity contribution < 1.29 is 19.6 Å². The van der Waals surface area contributed by atoms with Crippen LogP contribution in [0.25, 0.3) is 0 Å². The molecule has 0 bridgehead atoms. The molecule has 0 fully saturated rings. The van der Waals surface area contributed by atoms with Crippen LogP contribution in [-0.4, -0.2) is 21.8 Å². The number of phenolic OH excluding ortho intramolecular Hbond substituents is 1. The number of nitrogens with zero attached hydrogens (tertiary/aromatic N) is 2. The van der Waals surface area contributed by atoms with E-state index in [4.69, 9.17) is 0 Å². The number of imide groups is 1. The summed E-state index contributed by atoms with van der Waals surface area (Å²) in [6, 6.07) is 9.66. The number of carbonyl (C=O) groups excluding carboxylic acids is 2. The number of aromatic hydroxyl groups is 1. The molecule has 0 aromatic heterocycles. The van der Waals surface area contributed by atoms with E-state index in [0.717, 1.165) is 17.0 Å². The standard InChI is InChI=1S/C14H8N2O5/c17-12-6-5-8(7-11(12)16(20)21)15-13(18)9-3-1-2-4-10(9)14(15)19/h1-7,17H. The number of nitro benzene ring substituents is 1. The van der Waals surface area contributed by atoms with Gasteiger partial charge in [0.1, 0.15) is 0 Å². The van der Waals surface area contributed by atoms with Gasteiger partial charge in [0.15, 0.2) is 5.75 Å². The second-order valence-electron chi connectivity index (χ2n) is 4.42. The third-order valence-electron chi connectivity index (χ3n) is 3.21. The third-order valence-corrected chi connectivity index (χ3v) is 3.21. The van der Waals surface area contributed by atoms with Gasteiger partial charge in [0.2, 0.25) is 0 Å². The summed E-state index contributed by atoms with van der Waals surface area (Å²) in [5.41, 5.74) is -0.0220. The number of hydrogen-bond acceptors (Lipinski definition) is 5. The SMILES string of the molecule is O=C1c2ccccc2C(=O)N1c1ccc(O)c([N+](=O)[O-])c1. The molecular weight excluding hydrogens is 276 g/mol. The quantitative estimate of drug-likeness (QED) is 0.517. The van der Waals surface area contributed by atoms with Crippen LogP contribution in [0.15, 0.2) is 42.5 Å². The largest absolute Gasteiger partial charge is 0.502 e. The summed E-state index contributed by atoms with van der Waals surface area (Å²) in [5.74, 6) is -1.62. The molecule has 0 saturated heterocycles. The number of nitro groups is 1. The predicted octanol–water partition coefficient (Wildman–Crippen LogP) is 2.10. The van der Waals surface area contributed by atoms with E-state index in [-0.39, 0.29) is 16.8 Å². The van der Waals surface area contributed by atoms with E-state index in [1.807, 2.05) is 0 Å². The number of carbonyl (C=O) groups is 2. The minimum atomic E-state index is -0.781. The molecule has 7 nitrogen and oxygen atoms in total. The number of amides is 2. The van der Waals surface area contributed by atoms with Gasteiger partial charge in [-0.2, -0.15) is 0 Å². The number of hydrogen-bond donors (Lipinski definition) is 1. The lowest BCUT2D eigenvalue weighted by Gasteiger charge is -2.13. The van der Waals surface area contributed by atoms with Gasteiger partial charge in [-0.3, -0.25) is 19.7 Å². The van der Waals surface area contributed by atoms with Gasteiger partial charge in [-0.25, -0.2) is 4.90 Å². The van der Waals surface area contributed by atoms with Crippen LogP contribution >= 0.6 is 0 Å². The van der Waals surface area contributed by atoms with Crippen molar-refractivity contribution in [2.75, 3.05) is 4.90 Å². The Balaban J connectivity index is 2.11. The molecule has 3 rings (SSSR count). The van der Waals surface area contributed by atoms with Crippen LogP contribution in [0.1, 0.15) is 20.7 Å². The molecule has 0 saturated carbocycles. The number of fused-ring (bicyclic) bond motifs is 1. The molecule has 0 atom stereocenters. The monoisotopic (exact) mass is 284 g/mol. The summed E-state index contributed by atoms with van der Waals surface area (Å²) >= 11 is 0. The van der Waals surface area contributed by atoms with Crippen molar-refractivity contribution in [3.8, 4) is 5.75 Å². The normalized spacial score (nSPS) is 13.4. The first kappa shape index (κ1) is 12.8. The van der Waals surface area contributed by atoms with Gasteiger partial charge >= 0.3 is 5.69 Å². The summed E-state index contributed by atoms with van der Waals surface area (Å²) in [5, 5.41) is 20.3. The summed E-state index contributed by atoms with van der Waals surface area (Å²) in [7, 11) is 0. The molecule has 1 N–H and O–H groups in total. The summed E-state index contributed by atoms with van der Waals surface area (Å²) in [4.78, 5) is 35.4. The Bertz CT molecular complexity index is 765. The van der Waals surface area contributed by atoms with Crippen molar-refractivity contribution in [2.24, 2.45) is 0 Å². The zero-order valence-corrected chi connectivity index (χ0v) is 10.5. The molecule has 104 valence electrons. The van der Waals surface area contributed by atoms with E-state index >= 15 is 0 Å². The van der Waals surface area contributed by atoms with E-state index in [0.29, 0.717) is 0 Å². The van der Waals surface area contributed by atoms with Gasteiger partial charge < -0.3 is 5.11 Å². The van der Waals surface area contributed by atoms with Crippen molar-refractivity contribution in [1.82, 2.24) is 0 Å². The maximum absolute atomic E-state index is 12.2. The number of anilines is 1. The maximum atomic E-state index is 12.2. The van der Waals surface area contributed by atoms with Crippen LogP contribution in [0.5, 0.6) is 5.75 Å². The Labute approximate surface area is 118 Å². The molecule has 0 aliphatic carbocycles. The molecule has 2 aromatic rings. The Morgan fingerprint density at radius 1 is 1.00 bits per heavy atom. The lowest BCUT2D eigenvalue weighted by atomic mass is 10.1. The van der Waals surface area contributed by atoms with Gasteiger partial charge in [0, 0.05) is 6.07 Å². The Morgan fingerprint density at radius 2 is 1.57 bits per heavy atom. The molecule has 0 radical (unpaired) electrons. The van der Waals surface area contributed by atoms with Gasteiger partial charge in [-0.15, -0.1) is 0 Å². The molecular formula is C14H8N2O5. The summed E-state index contributed by atoms with van der Waals surface area (Å²) in [6.45, 7) is 0. The van der Waals surface area contributed by atoms with Crippen LogP contribution in [0.2, 0.25) is 0 Å². The zero-order valence-electron chi connectivity index (χ0n) is 10.5. The average Bonchev–Trinajstić information content (AvgIpc) is 2.72. The highest BCUT2D eigenvalue weighted by Crippen LogP contribution is 2.34. The van der Waals surface area contributed by atoms with E-state index < -0.39 is 28.2 Å². The third kappa shape index (κ3) is 1.83. The number of benzene rings is 2. The van der Waals surface area contributed by atoms with E-state index in [9.17, 15) is 24.8 Å². The van der Waals surface area contributed by atoms with E-state index in [1.54, 1.807) is 12.1 Å². The highest BCUT2D eigenvalue weighted by molar-refractivity contribution is 6.34. The predicted molar refractivity (Wildman–Crippen MR) is 72.3 cm³/mol. The zero-order chi connectivity index (χ0) is 15.1. The van der Waals surface area contributed by atoms with Crippen molar-refractivity contribution in [3.63, 3.8) is 0 Å². The fourth-order valence-corrected chi connectivity index (χ4v) is 2.22. The lowest BCUT2D eigenvalue weighted by molar-refractivity contribution is -0.385. The first-order valence-electron chi connectivity index (χ1n) is 5.96. The number of phenols is 1. The molecule has 1 aliphatic heterocycles. The van der Waals surface area contributed by atoms with E-state index in [1.165, 1.54) is 18.2 Å². The number of rotatable bonds is 2. The fraction of sp³-hybridized carbons (Fsp3) is 0. The fourth-order valence-electron chi connectivity index (χ4n) is 2.22. The smallest absolute Gasteiger partial charge is 0.312 e. The van der Waals surface area contributed by atoms with Crippen LogP contribution < -0.4 is 4.90 Å². The first-order valence-corrected chi connectivity index (χ1v) is 5.96. The first-order chi connectivity index (χ1) is 10.0. The average molecular weight is 284 g/mol. The van der Waals surface area contributed by atoms with Crippen LogP contribution in [0.4, 0.5) is 11.4 Å². The molecule has 2 amide bonds. The second-order valence-corrected chi connectivity index (χ2v) is 4.42. The minimum Gasteiger partial charge on any atom is -0.502 e. The van der Waals surface area contributed by atoms with Crippen molar-refractivity contribution >= 4 is 23.2 Å². The highest BCUT2D eigenvalue weighted by Gasteiger charge is 2.37. The highest BCUT2D eigenvalue weighted by atomic mass is 16.6. The Hall–Kier alpha value is -3.22.